The highest BCUT2D eigenvalue weighted by Gasteiger charge is 2.16. The van der Waals surface area contributed by atoms with Crippen molar-refractivity contribution < 1.29 is 18.7 Å². The molecule has 0 atom stereocenters. The zero-order chi connectivity index (χ0) is 13.8. The molecule has 0 saturated heterocycles. The van der Waals surface area contributed by atoms with Crippen LogP contribution in [0, 0.1) is 0 Å². The fourth-order valence-electron chi connectivity index (χ4n) is 1.74. The molecule has 0 amide bonds. The predicted molar refractivity (Wildman–Crippen MR) is 69.6 cm³/mol. The molecular weight excluding hydrogens is 244 g/mol. The number of ether oxygens (including phenoxy) is 1. The predicted octanol–water partition coefficient (Wildman–Crippen LogP) is 3.21. The van der Waals surface area contributed by atoms with Crippen molar-refractivity contribution in [1.82, 2.24) is 0 Å². The molecule has 1 heterocycles. The van der Waals surface area contributed by atoms with Gasteiger partial charge in [0.05, 0.1) is 0 Å². The quantitative estimate of drug-likeness (QED) is 0.624. The summed E-state index contributed by atoms with van der Waals surface area (Å²) in [5.74, 6) is 0.193. The number of carbonyl (C=O) groups excluding carboxylic acids is 2. The molecule has 19 heavy (non-hydrogen) atoms. The molecule has 0 N–H and O–H groups in total. The molecule has 0 bridgehead atoms. The third-order valence-corrected chi connectivity index (χ3v) is 2.65. The average molecular weight is 258 g/mol. The van der Waals surface area contributed by atoms with Crippen molar-refractivity contribution >= 4 is 11.8 Å². The van der Waals surface area contributed by atoms with E-state index in [1.165, 1.54) is 13.8 Å². The van der Waals surface area contributed by atoms with Gasteiger partial charge in [-0.3, -0.25) is 9.59 Å². The van der Waals surface area contributed by atoms with Crippen molar-refractivity contribution in [2.45, 2.75) is 20.5 Å². The Balaban J connectivity index is 2.40. The summed E-state index contributed by atoms with van der Waals surface area (Å²) in [5.41, 5.74) is 1.69. The lowest BCUT2D eigenvalue weighted by atomic mass is 10.1. The first-order chi connectivity index (χ1) is 9.08. The van der Waals surface area contributed by atoms with Crippen LogP contribution < -0.4 is 0 Å². The van der Waals surface area contributed by atoms with Crippen molar-refractivity contribution in [1.29, 1.82) is 0 Å². The molecule has 2 rings (SSSR count). The van der Waals surface area contributed by atoms with E-state index >= 15 is 0 Å². The van der Waals surface area contributed by atoms with Crippen LogP contribution in [0.2, 0.25) is 0 Å². The van der Waals surface area contributed by atoms with Gasteiger partial charge in [0.15, 0.2) is 11.5 Å². The Labute approximate surface area is 111 Å². The van der Waals surface area contributed by atoms with Crippen LogP contribution in [0.5, 0.6) is 0 Å². The standard InChI is InChI=1S/C15H14O4/c1-10(16)14-8-13(12-6-4-3-5-7-12)15(19-14)9-18-11(2)17/h3-8H,9H2,1-2H3. The largest absolute Gasteiger partial charge is 0.458 e. The minimum Gasteiger partial charge on any atom is -0.458 e. The normalized spacial score (nSPS) is 10.2. The molecule has 0 saturated carbocycles. The highest BCUT2D eigenvalue weighted by molar-refractivity contribution is 5.93. The van der Waals surface area contributed by atoms with Crippen LogP contribution in [0.3, 0.4) is 0 Å². The number of ketones is 1. The Morgan fingerprint density at radius 3 is 2.42 bits per heavy atom. The monoisotopic (exact) mass is 258 g/mol. The lowest BCUT2D eigenvalue weighted by Gasteiger charge is -2.02. The highest BCUT2D eigenvalue weighted by Crippen LogP contribution is 2.28. The van der Waals surface area contributed by atoms with E-state index in [2.05, 4.69) is 0 Å². The summed E-state index contributed by atoms with van der Waals surface area (Å²) >= 11 is 0. The molecule has 4 heteroatoms. The first-order valence-corrected chi connectivity index (χ1v) is 5.90. The van der Waals surface area contributed by atoms with E-state index in [0.717, 1.165) is 11.1 Å². The van der Waals surface area contributed by atoms with Gasteiger partial charge >= 0.3 is 5.97 Å². The topological polar surface area (TPSA) is 56.5 Å². The van der Waals surface area contributed by atoms with Crippen LogP contribution in [-0.2, 0) is 16.1 Å². The molecule has 0 radical (unpaired) electrons. The number of esters is 1. The van der Waals surface area contributed by atoms with Crippen molar-refractivity contribution in [3.8, 4) is 11.1 Å². The molecule has 0 unspecified atom stereocenters. The number of hydrogen-bond acceptors (Lipinski definition) is 4. The Hall–Kier alpha value is -2.36. The van der Waals surface area contributed by atoms with Crippen LogP contribution in [0.15, 0.2) is 40.8 Å². The lowest BCUT2D eigenvalue weighted by Crippen LogP contribution is -1.98. The molecule has 0 aliphatic carbocycles. The molecule has 0 aliphatic heterocycles. The van der Waals surface area contributed by atoms with Gasteiger partial charge in [0.2, 0.25) is 0 Å². The molecule has 0 aliphatic rings. The van der Waals surface area contributed by atoms with Gasteiger partial charge in [0.1, 0.15) is 12.4 Å². The number of rotatable bonds is 4. The second kappa shape index (κ2) is 5.52. The summed E-state index contributed by atoms with van der Waals surface area (Å²) in [5, 5.41) is 0. The fraction of sp³-hybridized carbons (Fsp3) is 0.200. The summed E-state index contributed by atoms with van der Waals surface area (Å²) in [7, 11) is 0. The average Bonchev–Trinajstić information content (AvgIpc) is 2.81. The molecule has 98 valence electrons. The van der Waals surface area contributed by atoms with Crippen molar-refractivity contribution in [2.75, 3.05) is 0 Å². The van der Waals surface area contributed by atoms with E-state index in [4.69, 9.17) is 9.15 Å². The maximum Gasteiger partial charge on any atom is 0.303 e. The summed E-state index contributed by atoms with van der Waals surface area (Å²) in [6.45, 7) is 2.78. The number of Topliss-reactive ketones (excluding diaryl/α,β-unsaturated/α-hetero) is 1. The fourth-order valence-corrected chi connectivity index (χ4v) is 1.74. The second-order valence-electron chi connectivity index (χ2n) is 4.15. The van der Waals surface area contributed by atoms with Gasteiger partial charge in [0, 0.05) is 19.4 Å². The zero-order valence-electron chi connectivity index (χ0n) is 10.8. The summed E-state index contributed by atoms with van der Waals surface area (Å²) in [6, 6.07) is 11.2. The van der Waals surface area contributed by atoms with Gasteiger partial charge in [-0.1, -0.05) is 30.3 Å². The molecule has 0 fully saturated rings. The smallest absolute Gasteiger partial charge is 0.303 e. The zero-order valence-corrected chi connectivity index (χ0v) is 10.8. The third kappa shape index (κ3) is 3.10. The van der Waals surface area contributed by atoms with Crippen LogP contribution in [0.1, 0.15) is 30.2 Å². The van der Waals surface area contributed by atoms with E-state index in [1.807, 2.05) is 30.3 Å². The highest BCUT2D eigenvalue weighted by atomic mass is 16.5. The van der Waals surface area contributed by atoms with Gasteiger partial charge in [-0.25, -0.2) is 0 Å². The molecule has 0 spiro atoms. The van der Waals surface area contributed by atoms with Gasteiger partial charge in [-0.15, -0.1) is 0 Å². The lowest BCUT2D eigenvalue weighted by molar-refractivity contribution is -0.142. The van der Waals surface area contributed by atoms with Gasteiger partial charge in [0.25, 0.3) is 0 Å². The van der Waals surface area contributed by atoms with Crippen molar-refractivity contribution in [2.24, 2.45) is 0 Å². The van der Waals surface area contributed by atoms with Crippen LogP contribution >= 0.6 is 0 Å². The number of carbonyl (C=O) groups is 2. The Morgan fingerprint density at radius 1 is 1.16 bits per heavy atom. The summed E-state index contributed by atoms with van der Waals surface area (Å²) < 4.78 is 10.4. The molecule has 2 aromatic rings. The minimum absolute atomic E-state index is 0.0207. The Kier molecular flexibility index (Phi) is 3.80. The Bertz CT molecular complexity index is 596. The van der Waals surface area contributed by atoms with Crippen LogP contribution in [0.25, 0.3) is 11.1 Å². The van der Waals surface area contributed by atoms with E-state index in [9.17, 15) is 9.59 Å². The molecule has 4 nitrogen and oxygen atoms in total. The van der Waals surface area contributed by atoms with Crippen LogP contribution in [-0.4, -0.2) is 11.8 Å². The van der Waals surface area contributed by atoms with E-state index in [-0.39, 0.29) is 24.1 Å². The minimum atomic E-state index is -0.389. The molecule has 1 aromatic carbocycles. The molecular formula is C15H14O4. The van der Waals surface area contributed by atoms with Gasteiger partial charge in [-0.05, 0) is 11.6 Å². The van der Waals surface area contributed by atoms with E-state index in [0.29, 0.717) is 5.76 Å². The number of benzene rings is 1. The molecule has 1 aromatic heterocycles. The van der Waals surface area contributed by atoms with E-state index < -0.39 is 0 Å². The van der Waals surface area contributed by atoms with Crippen molar-refractivity contribution in [3.63, 3.8) is 0 Å². The second-order valence-corrected chi connectivity index (χ2v) is 4.15. The number of furan rings is 1. The number of hydrogen-bond donors (Lipinski definition) is 0. The van der Waals surface area contributed by atoms with Crippen molar-refractivity contribution in [3.05, 3.63) is 47.9 Å². The summed E-state index contributed by atoms with van der Waals surface area (Å²) in [6.07, 6.45) is 0. The SMILES string of the molecule is CC(=O)OCc1oc(C(C)=O)cc1-c1ccccc1. The first kappa shape index (κ1) is 13.1. The van der Waals surface area contributed by atoms with Crippen LogP contribution in [0.4, 0.5) is 0 Å². The maximum atomic E-state index is 11.4. The summed E-state index contributed by atoms with van der Waals surface area (Å²) in [4.78, 5) is 22.3. The third-order valence-electron chi connectivity index (χ3n) is 2.65. The van der Waals surface area contributed by atoms with Gasteiger partial charge in [-0.2, -0.15) is 0 Å². The maximum absolute atomic E-state index is 11.4. The van der Waals surface area contributed by atoms with E-state index in [1.54, 1.807) is 6.07 Å². The Morgan fingerprint density at radius 2 is 1.84 bits per heavy atom. The van der Waals surface area contributed by atoms with Gasteiger partial charge < -0.3 is 9.15 Å². The first-order valence-electron chi connectivity index (χ1n) is 5.90.